The average Bonchev–Trinajstić information content (AvgIpc) is 2.69. The molecule has 0 radical (unpaired) electrons. The molecule has 2 aromatic carbocycles. The molecule has 0 heterocycles. The number of carbonyl (C=O) groups is 3. The summed E-state index contributed by atoms with van der Waals surface area (Å²) in [6.07, 6.45) is 1.66. The minimum Gasteiger partial charge on any atom is -0.493 e. The number of carboxylic acid groups (broad SMARTS) is 1. The summed E-state index contributed by atoms with van der Waals surface area (Å²) >= 11 is 1.43. The third kappa shape index (κ3) is 5.60. The molecule has 1 N–H and O–H groups in total. The van der Waals surface area contributed by atoms with Gasteiger partial charge in [-0.2, -0.15) is 0 Å². The molecule has 0 aliphatic heterocycles. The standard InChI is InChI=1S/C21H22O6S/c1-13(28-3)27-20-16(17(22)12-18(23)21(24)25)10-15(11-19(20)26-2)9-14-7-5-4-6-8-14/h4-8,10-11,13H,9,12H2,1-3H3,(H,24,25). The highest BCUT2D eigenvalue weighted by atomic mass is 32.2. The number of ether oxygens (including phenoxy) is 2. The van der Waals surface area contributed by atoms with Crippen molar-refractivity contribution >= 4 is 29.3 Å². The Morgan fingerprint density at radius 1 is 1.11 bits per heavy atom. The van der Waals surface area contributed by atoms with Crippen molar-refractivity contribution in [2.45, 2.75) is 25.2 Å². The van der Waals surface area contributed by atoms with Crippen LogP contribution in [0, 0.1) is 0 Å². The molecule has 0 amide bonds. The number of aliphatic carboxylic acids is 1. The molecule has 148 valence electrons. The zero-order chi connectivity index (χ0) is 20.7. The zero-order valence-corrected chi connectivity index (χ0v) is 16.7. The van der Waals surface area contributed by atoms with Crippen LogP contribution >= 0.6 is 11.8 Å². The molecule has 0 saturated carbocycles. The number of Topliss-reactive ketones (excluding diaryl/α,β-unsaturated/α-hetero) is 2. The summed E-state index contributed by atoms with van der Waals surface area (Å²) in [6, 6.07) is 13.1. The quantitative estimate of drug-likeness (QED) is 0.281. The molecule has 1 atom stereocenters. The van der Waals surface area contributed by atoms with E-state index in [1.165, 1.54) is 18.9 Å². The van der Waals surface area contributed by atoms with Crippen LogP contribution in [0.4, 0.5) is 0 Å². The predicted octanol–water partition coefficient (Wildman–Crippen LogP) is 3.60. The topological polar surface area (TPSA) is 89.9 Å². The van der Waals surface area contributed by atoms with Gasteiger partial charge in [0.25, 0.3) is 0 Å². The second-order valence-corrected chi connectivity index (χ2v) is 7.22. The van der Waals surface area contributed by atoms with E-state index in [-0.39, 0.29) is 16.7 Å². The number of hydrogen-bond acceptors (Lipinski definition) is 6. The van der Waals surface area contributed by atoms with Crippen LogP contribution in [0.5, 0.6) is 11.5 Å². The number of carboxylic acids is 1. The normalized spacial score (nSPS) is 11.5. The molecule has 2 aromatic rings. The van der Waals surface area contributed by atoms with Gasteiger partial charge >= 0.3 is 5.97 Å². The van der Waals surface area contributed by atoms with E-state index in [4.69, 9.17) is 14.6 Å². The lowest BCUT2D eigenvalue weighted by Crippen LogP contribution is -2.19. The molecule has 0 aliphatic rings. The van der Waals surface area contributed by atoms with Crippen molar-refractivity contribution in [3.05, 3.63) is 59.2 Å². The maximum absolute atomic E-state index is 12.7. The first-order valence-electron chi connectivity index (χ1n) is 8.59. The lowest BCUT2D eigenvalue weighted by Gasteiger charge is -2.19. The molecule has 2 rings (SSSR count). The Kier molecular flexibility index (Phi) is 7.63. The lowest BCUT2D eigenvalue weighted by atomic mass is 9.97. The number of carbonyl (C=O) groups excluding carboxylic acids is 2. The largest absolute Gasteiger partial charge is 0.493 e. The minimum absolute atomic E-state index is 0.140. The van der Waals surface area contributed by atoms with Crippen molar-refractivity contribution in [1.82, 2.24) is 0 Å². The van der Waals surface area contributed by atoms with E-state index >= 15 is 0 Å². The molecule has 7 heteroatoms. The van der Waals surface area contributed by atoms with Crippen LogP contribution in [0.1, 0.15) is 34.8 Å². The Labute approximate surface area is 167 Å². The highest BCUT2D eigenvalue weighted by Gasteiger charge is 2.25. The monoisotopic (exact) mass is 402 g/mol. The Balaban J connectivity index is 2.48. The van der Waals surface area contributed by atoms with Gasteiger partial charge in [-0.1, -0.05) is 30.3 Å². The molecular formula is C21H22O6S. The van der Waals surface area contributed by atoms with Crippen molar-refractivity contribution in [3.8, 4) is 11.5 Å². The van der Waals surface area contributed by atoms with Gasteiger partial charge in [-0.25, -0.2) is 4.79 Å². The Morgan fingerprint density at radius 2 is 1.79 bits per heavy atom. The van der Waals surface area contributed by atoms with E-state index in [1.54, 1.807) is 12.1 Å². The van der Waals surface area contributed by atoms with E-state index in [0.717, 1.165) is 11.1 Å². The van der Waals surface area contributed by atoms with Gasteiger partial charge in [0.15, 0.2) is 17.3 Å². The first kappa shape index (κ1) is 21.5. The van der Waals surface area contributed by atoms with Crippen LogP contribution in [-0.4, -0.2) is 41.4 Å². The average molecular weight is 402 g/mol. The number of hydrogen-bond donors (Lipinski definition) is 1. The van der Waals surface area contributed by atoms with Gasteiger partial charge in [0.05, 0.1) is 19.1 Å². The van der Waals surface area contributed by atoms with Crippen LogP contribution in [0.2, 0.25) is 0 Å². The molecule has 6 nitrogen and oxygen atoms in total. The zero-order valence-electron chi connectivity index (χ0n) is 15.9. The van der Waals surface area contributed by atoms with Gasteiger partial charge in [0.2, 0.25) is 5.78 Å². The molecule has 0 fully saturated rings. The number of methoxy groups -OCH3 is 1. The molecule has 0 spiro atoms. The smallest absolute Gasteiger partial charge is 0.372 e. The number of ketones is 2. The Hall–Kier alpha value is -2.80. The fourth-order valence-corrected chi connectivity index (χ4v) is 2.80. The summed E-state index contributed by atoms with van der Waals surface area (Å²) in [4.78, 5) is 35.1. The van der Waals surface area contributed by atoms with E-state index in [1.807, 2.05) is 43.5 Å². The van der Waals surface area contributed by atoms with Gasteiger partial charge in [0.1, 0.15) is 5.44 Å². The molecule has 1 unspecified atom stereocenters. The lowest BCUT2D eigenvalue weighted by molar-refractivity contribution is -0.148. The van der Waals surface area contributed by atoms with Crippen LogP contribution < -0.4 is 9.47 Å². The van der Waals surface area contributed by atoms with Crippen molar-refractivity contribution in [2.75, 3.05) is 13.4 Å². The van der Waals surface area contributed by atoms with E-state index < -0.39 is 24.0 Å². The van der Waals surface area contributed by atoms with Gasteiger partial charge < -0.3 is 14.6 Å². The molecule has 28 heavy (non-hydrogen) atoms. The molecular weight excluding hydrogens is 380 g/mol. The fourth-order valence-electron chi connectivity index (χ4n) is 2.60. The third-order valence-electron chi connectivity index (χ3n) is 4.06. The van der Waals surface area contributed by atoms with E-state index in [0.29, 0.717) is 12.2 Å². The molecule has 0 saturated heterocycles. The third-order valence-corrected chi connectivity index (χ3v) is 4.82. The maximum Gasteiger partial charge on any atom is 0.372 e. The highest BCUT2D eigenvalue weighted by Crippen LogP contribution is 2.36. The van der Waals surface area contributed by atoms with Crippen molar-refractivity contribution in [1.29, 1.82) is 0 Å². The van der Waals surface area contributed by atoms with Gasteiger partial charge in [0, 0.05) is 0 Å². The summed E-state index contributed by atoms with van der Waals surface area (Å²) in [5.74, 6) is -2.85. The number of benzene rings is 2. The van der Waals surface area contributed by atoms with Crippen molar-refractivity contribution in [2.24, 2.45) is 0 Å². The van der Waals surface area contributed by atoms with Gasteiger partial charge in [-0.15, -0.1) is 11.8 Å². The first-order valence-corrected chi connectivity index (χ1v) is 9.88. The fraction of sp³-hybridized carbons (Fsp3) is 0.286. The molecule has 0 aliphatic carbocycles. The predicted molar refractivity (Wildman–Crippen MR) is 107 cm³/mol. The number of rotatable bonds is 10. The first-order chi connectivity index (χ1) is 13.3. The van der Waals surface area contributed by atoms with E-state index in [2.05, 4.69) is 0 Å². The Bertz CT molecular complexity index is 863. The van der Waals surface area contributed by atoms with E-state index in [9.17, 15) is 14.4 Å². The second-order valence-electron chi connectivity index (χ2n) is 6.09. The van der Waals surface area contributed by atoms with Crippen LogP contribution in [0.3, 0.4) is 0 Å². The Morgan fingerprint density at radius 3 is 2.36 bits per heavy atom. The minimum atomic E-state index is -1.64. The summed E-state index contributed by atoms with van der Waals surface area (Å²) in [6.45, 7) is 1.82. The molecule has 0 aromatic heterocycles. The highest BCUT2D eigenvalue weighted by molar-refractivity contribution is 7.99. The summed E-state index contributed by atoms with van der Waals surface area (Å²) in [5.41, 5.74) is 1.70. The summed E-state index contributed by atoms with van der Waals surface area (Å²) in [7, 11) is 1.47. The maximum atomic E-state index is 12.7. The summed E-state index contributed by atoms with van der Waals surface area (Å²) in [5, 5.41) is 8.82. The molecule has 0 bridgehead atoms. The second kappa shape index (κ2) is 9.94. The van der Waals surface area contributed by atoms with Gasteiger partial charge in [-0.05, 0) is 42.9 Å². The van der Waals surface area contributed by atoms with Crippen LogP contribution in [0.25, 0.3) is 0 Å². The number of thioether (sulfide) groups is 1. The SMILES string of the molecule is COc1cc(Cc2ccccc2)cc(C(=O)CC(=O)C(=O)O)c1OC(C)SC. The van der Waals surface area contributed by atoms with Crippen molar-refractivity contribution in [3.63, 3.8) is 0 Å². The van der Waals surface area contributed by atoms with Gasteiger partial charge in [-0.3, -0.25) is 9.59 Å². The summed E-state index contributed by atoms with van der Waals surface area (Å²) < 4.78 is 11.3. The van der Waals surface area contributed by atoms with Crippen LogP contribution in [-0.2, 0) is 16.0 Å². The van der Waals surface area contributed by atoms with Crippen molar-refractivity contribution < 1.29 is 29.0 Å². The van der Waals surface area contributed by atoms with Crippen LogP contribution in [0.15, 0.2) is 42.5 Å².